The molecular formula is C62H38N6O. The molecule has 15 rings (SSSR count). The van der Waals surface area contributed by atoms with Gasteiger partial charge in [-0.3, -0.25) is 0 Å². The quantitative estimate of drug-likeness (QED) is 0.157. The summed E-state index contributed by atoms with van der Waals surface area (Å²) in [5.41, 5.74) is 17.2. The van der Waals surface area contributed by atoms with Crippen LogP contribution in [0, 0.1) is 0 Å². The Labute approximate surface area is 397 Å². The van der Waals surface area contributed by atoms with Crippen LogP contribution in [0.5, 0.6) is 0 Å². The molecule has 9 aromatic carbocycles. The molecule has 3 heterocycles. The van der Waals surface area contributed by atoms with E-state index in [0.29, 0.717) is 34.9 Å². The van der Waals surface area contributed by atoms with Gasteiger partial charge in [0.25, 0.3) is 0 Å². The van der Waals surface area contributed by atoms with E-state index < -0.39 is 0 Å². The molecule has 0 saturated carbocycles. The van der Waals surface area contributed by atoms with Crippen LogP contribution in [0.15, 0.2) is 223 Å². The first kappa shape index (κ1) is 39.0. The van der Waals surface area contributed by atoms with Crippen LogP contribution in [-0.4, -0.2) is 29.9 Å². The number of hydrogen-bond donors (Lipinski definition) is 0. The first-order valence-corrected chi connectivity index (χ1v) is 23.2. The van der Waals surface area contributed by atoms with Crippen molar-refractivity contribution in [1.82, 2.24) is 29.9 Å². The summed E-state index contributed by atoms with van der Waals surface area (Å²) in [6, 6.07) is 75.9. The predicted octanol–water partition coefficient (Wildman–Crippen LogP) is 14.6. The van der Waals surface area contributed by atoms with Crippen molar-refractivity contribution in [3.63, 3.8) is 0 Å². The van der Waals surface area contributed by atoms with Crippen LogP contribution in [-0.2, 0) is 0 Å². The van der Waals surface area contributed by atoms with Gasteiger partial charge in [0.1, 0.15) is 11.2 Å². The molecule has 3 aliphatic rings. The minimum absolute atomic E-state index is 0.0130. The Kier molecular flexibility index (Phi) is 8.89. The summed E-state index contributed by atoms with van der Waals surface area (Å²) < 4.78 is 6.27. The van der Waals surface area contributed by atoms with E-state index in [2.05, 4.69) is 121 Å². The highest BCUT2D eigenvalue weighted by Gasteiger charge is 2.41. The minimum Gasteiger partial charge on any atom is -0.456 e. The Bertz CT molecular complexity index is 3920. The van der Waals surface area contributed by atoms with Crippen LogP contribution in [0.3, 0.4) is 0 Å². The molecule has 2 unspecified atom stereocenters. The number of furan rings is 1. The molecule has 69 heavy (non-hydrogen) atoms. The summed E-state index contributed by atoms with van der Waals surface area (Å²) in [6.07, 6.45) is 0. The van der Waals surface area contributed by atoms with Gasteiger partial charge in [-0.1, -0.05) is 182 Å². The molecule has 2 atom stereocenters. The Morgan fingerprint density at radius 2 is 0.594 bits per heavy atom. The molecule has 7 heteroatoms. The molecule has 322 valence electrons. The van der Waals surface area contributed by atoms with Crippen molar-refractivity contribution in [2.45, 2.75) is 11.8 Å². The maximum absolute atomic E-state index is 6.27. The molecule has 0 saturated heterocycles. The highest BCUT2D eigenvalue weighted by atomic mass is 16.3. The molecule has 0 amide bonds. The van der Waals surface area contributed by atoms with Crippen LogP contribution in [0.1, 0.15) is 45.2 Å². The van der Waals surface area contributed by atoms with Gasteiger partial charge in [-0.2, -0.15) is 0 Å². The van der Waals surface area contributed by atoms with Crippen molar-refractivity contribution in [1.29, 1.82) is 0 Å². The largest absolute Gasteiger partial charge is 0.456 e. The van der Waals surface area contributed by atoms with Crippen molar-refractivity contribution >= 4 is 21.9 Å². The van der Waals surface area contributed by atoms with Gasteiger partial charge < -0.3 is 4.42 Å². The molecule has 3 aliphatic carbocycles. The number of rotatable bonds is 7. The fourth-order valence-corrected chi connectivity index (χ4v) is 10.5. The zero-order valence-electron chi connectivity index (χ0n) is 37.0. The lowest BCUT2D eigenvalue weighted by molar-refractivity contribution is 0.669. The van der Waals surface area contributed by atoms with E-state index in [1.165, 1.54) is 33.4 Å². The van der Waals surface area contributed by atoms with Gasteiger partial charge >= 0.3 is 0 Å². The Balaban J connectivity index is 0.871. The van der Waals surface area contributed by atoms with E-state index in [9.17, 15) is 0 Å². The number of aromatic nitrogens is 6. The van der Waals surface area contributed by atoms with E-state index in [4.69, 9.17) is 34.3 Å². The van der Waals surface area contributed by atoms with Gasteiger partial charge in [-0.05, 0) is 80.9 Å². The molecule has 0 fully saturated rings. The zero-order chi connectivity index (χ0) is 45.4. The number of nitrogens with zero attached hydrogens (tertiary/aromatic N) is 6. The van der Waals surface area contributed by atoms with Crippen LogP contribution in [0.4, 0.5) is 0 Å². The first-order valence-electron chi connectivity index (χ1n) is 23.2. The topological polar surface area (TPSA) is 90.5 Å². The fourth-order valence-electron chi connectivity index (χ4n) is 10.5. The monoisotopic (exact) mass is 882 g/mol. The normalized spacial score (nSPS) is 14.4. The molecule has 0 aliphatic heterocycles. The molecule has 0 N–H and O–H groups in total. The second-order valence-corrected chi connectivity index (χ2v) is 17.8. The van der Waals surface area contributed by atoms with E-state index in [0.717, 1.165) is 66.4 Å². The first-order chi connectivity index (χ1) is 34.2. The average Bonchev–Trinajstić information content (AvgIpc) is 3.81. The average molecular weight is 883 g/mol. The van der Waals surface area contributed by atoms with Gasteiger partial charge in [0.2, 0.25) is 0 Å². The SMILES string of the molecule is c1ccc(-c2nc(-c3ccccc3)nc(-c3ccc4c(c3)C3c5ccccc5C4c4cc(-c5nc(-c6ccccc6)nc(-c6cccc(-c7ccc8c(c7)oc7ccccc78)c6)n5)ccc43)n2)cc1. The highest BCUT2D eigenvalue weighted by Crippen LogP contribution is 2.56. The standard InChI is InChI=1S/C62H38N6O/c1-4-15-37(16-5-1)57-63-58(38-17-6-2-7-18-38)66-61(65-57)43-28-31-49-51(34-43)55-47-24-10-11-25-48(47)56(49)52-35-44(29-32-50(52)55)62-67-59(39-19-8-3-9-20-39)64-60(68-62)42-22-14-21-40(33-42)41-27-30-46-45-23-12-13-26-53(45)69-54(46)36-41/h1-36,55-56H. The maximum atomic E-state index is 6.27. The summed E-state index contributed by atoms with van der Waals surface area (Å²) >= 11 is 0. The third kappa shape index (κ3) is 6.58. The van der Waals surface area contributed by atoms with Crippen LogP contribution < -0.4 is 0 Å². The highest BCUT2D eigenvalue weighted by molar-refractivity contribution is 6.06. The molecule has 12 aromatic rings. The third-order valence-corrected chi connectivity index (χ3v) is 13.8. The lowest BCUT2D eigenvalue weighted by Gasteiger charge is -2.42. The van der Waals surface area contributed by atoms with Gasteiger partial charge in [-0.25, -0.2) is 29.9 Å². The number of benzene rings is 9. The van der Waals surface area contributed by atoms with Crippen LogP contribution >= 0.6 is 0 Å². The second kappa shape index (κ2) is 15.7. The van der Waals surface area contributed by atoms with Crippen molar-refractivity contribution < 1.29 is 4.42 Å². The van der Waals surface area contributed by atoms with E-state index >= 15 is 0 Å². The molecular weight excluding hydrogens is 845 g/mol. The molecule has 2 bridgehead atoms. The van der Waals surface area contributed by atoms with Crippen molar-refractivity contribution in [2.75, 3.05) is 0 Å². The van der Waals surface area contributed by atoms with E-state index in [1.54, 1.807) is 0 Å². The van der Waals surface area contributed by atoms with E-state index in [-0.39, 0.29) is 11.8 Å². The summed E-state index contributed by atoms with van der Waals surface area (Å²) in [4.78, 5) is 30.7. The zero-order valence-corrected chi connectivity index (χ0v) is 37.0. The van der Waals surface area contributed by atoms with Crippen LogP contribution in [0.2, 0.25) is 0 Å². The maximum Gasteiger partial charge on any atom is 0.164 e. The lowest BCUT2D eigenvalue weighted by Crippen LogP contribution is -2.27. The Hall–Kier alpha value is -9.20. The van der Waals surface area contributed by atoms with Crippen LogP contribution in [0.25, 0.3) is 101 Å². The molecule has 0 spiro atoms. The Morgan fingerprint density at radius 3 is 1.12 bits per heavy atom. The Morgan fingerprint density at radius 1 is 0.232 bits per heavy atom. The lowest BCUT2D eigenvalue weighted by atomic mass is 9.61. The third-order valence-electron chi connectivity index (χ3n) is 13.8. The summed E-state index contributed by atoms with van der Waals surface area (Å²) in [6.45, 7) is 0. The van der Waals surface area contributed by atoms with Gasteiger partial charge in [0.05, 0.1) is 0 Å². The summed E-state index contributed by atoms with van der Waals surface area (Å²) in [5, 5.41) is 2.22. The number of hydrogen-bond acceptors (Lipinski definition) is 7. The van der Waals surface area contributed by atoms with Gasteiger partial charge in [0, 0.05) is 56.0 Å². The number of para-hydroxylation sites is 1. The minimum atomic E-state index is 0.0130. The second-order valence-electron chi connectivity index (χ2n) is 17.8. The van der Waals surface area contributed by atoms with Crippen molar-refractivity contribution in [3.05, 3.63) is 252 Å². The summed E-state index contributed by atoms with van der Waals surface area (Å²) in [7, 11) is 0. The van der Waals surface area contributed by atoms with E-state index in [1.807, 2.05) is 97.1 Å². The number of fused-ring (bicyclic) bond motifs is 3. The fraction of sp³-hybridized carbons (Fsp3) is 0.0323. The molecule has 3 aromatic heterocycles. The summed E-state index contributed by atoms with van der Waals surface area (Å²) in [5.74, 6) is 3.82. The predicted molar refractivity (Wildman–Crippen MR) is 273 cm³/mol. The smallest absolute Gasteiger partial charge is 0.164 e. The van der Waals surface area contributed by atoms with Gasteiger partial charge in [0.15, 0.2) is 34.9 Å². The van der Waals surface area contributed by atoms with Gasteiger partial charge in [-0.15, -0.1) is 0 Å². The molecule has 0 radical (unpaired) electrons. The van der Waals surface area contributed by atoms with Crippen molar-refractivity contribution in [2.24, 2.45) is 0 Å². The van der Waals surface area contributed by atoms with Crippen molar-refractivity contribution in [3.8, 4) is 79.5 Å². The molecule has 7 nitrogen and oxygen atoms in total.